The number of rotatable bonds is 4. The molecule has 0 spiro atoms. The van der Waals surface area contributed by atoms with Gasteiger partial charge in [0.2, 0.25) is 5.91 Å². The van der Waals surface area contributed by atoms with Crippen molar-refractivity contribution in [2.75, 3.05) is 32.8 Å². The van der Waals surface area contributed by atoms with Gasteiger partial charge in [-0.2, -0.15) is 0 Å². The molecule has 5 nitrogen and oxygen atoms in total. The zero-order chi connectivity index (χ0) is 17.1. The van der Waals surface area contributed by atoms with Crippen molar-refractivity contribution in [1.29, 1.82) is 0 Å². The first-order valence-corrected chi connectivity index (χ1v) is 9.65. The molecule has 1 aliphatic carbocycles. The molecular weight excluding hydrogens is 352 g/mol. The van der Waals surface area contributed by atoms with Crippen LogP contribution in [-0.2, 0) is 10.2 Å². The molecule has 6 heteroatoms. The third kappa shape index (κ3) is 3.94. The lowest BCUT2D eigenvalue weighted by atomic mass is 9.78. The van der Waals surface area contributed by atoms with E-state index in [1.165, 1.54) is 18.4 Å². The molecule has 0 radical (unpaired) electrons. The number of carbonyl (C=O) groups is 1. The second-order valence-corrected chi connectivity index (χ2v) is 7.59. The van der Waals surface area contributed by atoms with Crippen LogP contribution in [0.15, 0.2) is 18.2 Å². The van der Waals surface area contributed by atoms with Crippen molar-refractivity contribution >= 4 is 18.3 Å². The first-order valence-electron chi connectivity index (χ1n) is 9.65. The maximum atomic E-state index is 12.6. The fourth-order valence-corrected chi connectivity index (χ4v) is 4.48. The average molecular weight is 381 g/mol. The summed E-state index contributed by atoms with van der Waals surface area (Å²) in [5.74, 6) is 2.08. The van der Waals surface area contributed by atoms with Crippen LogP contribution in [0.1, 0.15) is 44.1 Å². The van der Waals surface area contributed by atoms with Crippen molar-refractivity contribution in [3.8, 4) is 11.5 Å². The highest BCUT2D eigenvalue weighted by molar-refractivity contribution is 5.85. The van der Waals surface area contributed by atoms with E-state index in [2.05, 4.69) is 22.8 Å². The van der Waals surface area contributed by atoms with Gasteiger partial charge in [0.05, 0.1) is 0 Å². The van der Waals surface area contributed by atoms with Gasteiger partial charge in [0, 0.05) is 17.9 Å². The molecule has 1 saturated carbocycles. The smallest absolute Gasteiger partial charge is 0.223 e. The predicted molar refractivity (Wildman–Crippen MR) is 103 cm³/mol. The number of piperidine rings is 1. The van der Waals surface area contributed by atoms with Crippen LogP contribution < -0.4 is 20.1 Å². The van der Waals surface area contributed by atoms with E-state index in [0.29, 0.717) is 13.2 Å². The molecule has 0 atom stereocenters. The van der Waals surface area contributed by atoms with E-state index >= 15 is 0 Å². The molecule has 1 aromatic carbocycles. The van der Waals surface area contributed by atoms with Crippen molar-refractivity contribution < 1.29 is 14.3 Å². The Kier molecular flexibility index (Phi) is 6.30. The van der Waals surface area contributed by atoms with E-state index in [0.717, 1.165) is 56.8 Å². The van der Waals surface area contributed by atoms with Gasteiger partial charge in [-0.15, -0.1) is 12.4 Å². The number of hydrogen-bond acceptors (Lipinski definition) is 4. The third-order valence-corrected chi connectivity index (χ3v) is 6.03. The van der Waals surface area contributed by atoms with Crippen molar-refractivity contribution in [1.82, 2.24) is 10.6 Å². The fourth-order valence-electron chi connectivity index (χ4n) is 4.48. The van der Waals surface area contributed by atoms with Gasteiger partial charge >= 0.3 is 0 Å². The fraction of sp³-hybridized carbons (Fsp3) is 0.650. The minimum absolute atomic E-state index is 0. The molecular formula is C20H29ClN2O3. The van der Waals surface area contributed by atoms with Crippen molar-refractivity contribution in [2.24, 2.45) is 5.92 Å². The molecule has 2 fully saturated rings. The van der Waals surface area contributed by atoms with Gasteiger partial charge in [0.25, 0.3) is 0 Å². The molecule has 2 aliphatic heterocycles. The summed E-state index contributed by atoms with van der Waals surface area (Å²) < 4.78 is 11.4. The standard InChI is InChI=1S/C20H28N2O3.ClH/c23-19(15-5-9-21-10-6-15)22-14-20(7-1-2-8-20)16-3-4-17-18(13-16)25-12-11-24-17;/h3-4,13,15,21H,1-2,5-12,14H2,(H,22,23);1H. The zero-order valence-electron chi connectivity index (χ0n) is 15.2. The molecule has 0 unspecified atom stereocenters. The van der Waals surface area contributed by atoms with Gasteiger partial charge in [-0.3, -0.25) is 4.79 Å². The number of halogens is 1. The molecule has 4 rings (SSSR count). The van der Waals surface area contributed by atoms with Gasteiger partial charge in [0.1, 0.15) is 13.2 Å². The highest BCUT2D eigenvalue weighted by Gasteiger charge is 2.37. The second kappa shape index (κ2) is 8.49. The lowest BCUT2D eigenvalue weighted by Gasteiger charge is -2.32. The lowest BCUT2D eigenvalue weighted by molar-refractivity contribution is -0.126. The van der Waals surface area contributed by atoms with E-state index in [-0.39, 0.29) is 29.6 Å². The Morgan fingerprint density at radius 3 is 2.54 bits per heavy atom. The minimum Gasteiger partial charge on any atom is -0.486 e. The van der Waals surface area contributed by atoms with Crippen LogP contribution in [0, 0.1) is 5.92 Å². The first kappa shape index (κ1) is 19.3. The summed E-state index contributed by atoms with van der Waals surface area (Å²) in [6.07, 6.45) is 6.58. The number of fused-ring (bicyclic) bond motifs is 1. The Balaban J connectivity index is 0.00000196. The van der Waals surface area contributed by atoms with Crippen LogP contribution in [0.3, 0.4) is 0 Å². The maximum Gasteiger partial charge on any atom is 0.223 e. The van der Waals surface area contributed by atoms with E-state index in [9.17, 15) is 4.79 Å². The molecule has 1 aromatic rings. The Labute approximate surface area is 161 Å². The van der Waals surface area contributed by atoms with Gasteiger partial charge < -0.3 is 20.1 Å². The van der Waals surface area contributed by atoms with Crippen molar-refractivity contribution in [2.45, 2.75) is 43.9 Å². The molecule has 0 aromatic heterocycles. The van der Waals surface area contributed by atoms with E-state index in [1.54, 1.807) is 0 Å². The quantitative estimate of drug-likeness (QED) is 0.843. The number of amides is 1. The van der Waals surface area contributed by atoms with Crippen LogP contribution in [-0.4, -0.2) is 38.8 Å². The van der Waals surface area contributed by atoms with E-state index < -0.39 is 0 Å². The van der Waals surface area contributed by atoms with Gasteiger partial charge in [-0.25, -0.2) is 0 Å². The third-order valence-electron chi connectivity index (χ3n) is 6.03. The average Bonchev–Trinajstić information content (AvgIpc) is 3.16. The number of hydrogen-bond donors (Lipinski definition) is 2. The van der Waals surface area contributed by atoms with E-state index in [4.69, 9.17) is 9.47 Å². The number of nitrogens with one attached hydrogen (secondary N) is 2. The summed E-state index contributed by atoms with van der Waals surface area (Å²) in [5, 5.41) is 6.60. The minimum atomic E-state index is 0. The van der Waals surface area contributed by atoms with Crippen molar-refractivity contribution in [3.05, 3.63) is 23.8 Å². The normalized spacial score (nSPS) is 21.7. The summed E-state index contributed by atoms with van der Waals surface area (Å²) in [7, 11) is 0. The zero-order valence-corrected chi connectivity index (χ0v) is 16.0. The molecule has 2 heterocycles. The highest BCUT2D eigenvalue weighted by Crippen LogP contribution is 2.43. The van der Waals surface area contributed by atoms with E-state index in [1.807, 2.05) is 6.07 Å². The second-order valence-electron chi connectivity index (χ2n) is 7.59. The Hall–Kier alpha value is -1.46. The molecule has 1 saturated heterocycles. The number of benzene rings is 1. The topological polar surface area (TPSA) is 59.6 Å². The molecule has 0 bridgehead atoms. The molecule has 26 heavy (non-hydrogen) atoms. The summed E-state index contributed by atoms with van der Waals surface area (Å²) in [6.45, 7) is 3.85. The van der Waals surface area contributed by atoms with Crippen LogP contribution in [0.25, 0.3) is 0 Å². The largest absolute Gasteiger partial charge is 0.486 e. The van der Waals surface area contributed by atoms with Gasteiger partial charge in [-0.05, 0) is 56.5 Å². The Morgan fingerprint density at radius 2 is 1.81 bits per heavy atom. The van der Waals surface area contributed by atoms with Crippen LogP contribution in [0.5, 0.6) is 11.5 Å². The van der Waals surface area contributed by atoms with Crippen LogP contribution in [0.2, 0.25) is 0 Å². The van der Waals surface area contributed by atoms with Crippen LogP contribution >= 0.6 is 12.4 Å². The van der Waals surface area contributed by atoms with Gasteiger partial charge in [-0.1, -0.05) is 18.9 Å². The summed E-state index contributed by atoms with van der Waals surface area (Å²) in [6, 6.07) is 6.32. The van der Waals surface area contributed by atoms with Crippen LogP contribution in [0.4, 0.5) is 0 Å². The van der Waals surface area contributed by atoms with Crippen molar-refractivity contribution in [3.63, 3.8) is 0 Å². The Bertz CT molecular complexity index is 625. The SMILES string of the molecule is Cl.O=C(NCC1(c2ccc3c(c2)OCCO3)CCCC1)C1CCNCC1. The Morgan fingerprint density at radius 1 is 1.12 bits per heavy atom. The number of ether oxygens (including phenoxy) is 2. The maximum absolute atomic E-state index is 12.6. The first-order chi connectivity index (χ1) is 12.3. The molecule has 2 N–H and O–H groups in total. The predicted octanol–water partition coefficient (Wildman–Crippen LogP) is 2.81. The molecule has 3 aliphatic rings. The van der Waals surface area contributed by atoms with Gasteiger partial charge in [0.15, 0.2) is 11.5 Å². The molecule has 144 valence electrons. The molecule has 1 amide bonds. The highest BCUT2D eigenvalue weighted by atomic mass is 35.5. The monoisotopic (exact) mass is 380 g/mol. The summed E-state index contributed by atoms with van der Waals surface area (Å²) in [5.41, 5.74) is 1.32. The summed E-state index contributed by atoms with van der Waals surface area (Å²) in [4.78, 5) is 12.6. The lowest BCUT2D eigenvalue weighted by Crippen LogP contribution is -2.44. The number of carbonyl (C=O) groups excluding carboxylic acids is 1. The summed E-state index contributed by atoms with van der Waals surface area (Å²) >= 11 is 0.